The van der Waals surface area contributed by atoms with E-state index in [2.05, 4.69) is 15.3 Å². The maximum absolute atomic E-state index is 12.5. The molecule has 1 aromatic heterocycles. The maximum Gasteiger partial charge on any atom is 0.274 e. The molecule has 1 rings (SSSR count). The second-order valence-electron chi connectivity index (χ2n) is 4.78. The van der Waals surface area contributed by atoms with Crippen LogP contribution in [0.15, 0.2) is 6.20 Å². The molecule has 0 aromatic carbocycles. The number of anilines is 1. The van der Waals surface area contributed by atoms with E-state index in [-0.39, 0.29) is 18.4 Å². The van der Waals surface area contributed by atoms with Crippen LogP contribution in [0.2, 0.25) is 0 Å². The molecule has 0 aliphatic carbocycles. The molecule has 1 heterocycles. The predicted molar refractivity (Wildman–Crippen MR) is 78.9 cm³/mol. The summed E-state index contributed by atoms with van der Waals surface area (Å²) >= 11 is 0. The number of carbonyl (C=O) groups is 1. The van der Waals surface area contributed by atoms with Crippen LogP contribution >= 0.6 is 0 Å². The molecule has 0 saturated carbocycles. The molecule has 112 valence electrons. The Hall–Kier alpha value is -1.69. The zero-order valence-electron chi connectivity index (χ0n) is 12.7. The lowest BCUT2D eigenvalue weighted by molar-refractivity contribution is 0.0726. The zero-order valence-corrected chi connectivity index (χ0v) is 12.7. The molecule has 0 aliphatic heterocycles. The first-order valence-electron chi connectivity index (χ1n) is 7.06. The summed E-state index contributed by atoms with van der Waals surface area (Å²) in [5, 5.41) is 12.1. The molecule has 1 aromatic rings. The van der Waals surface area contributed by atoms with E-state index in [0.717, 1.165) is 0 Å². The van der Waals surface area contributed by atoms with Crippen LogP contribution in [0.5, 0.6) is 0 Å². The minimum Gasteiger partial charge on any atom is -0.395 e. The SMILES string of the molecule is CCNc1cnc(C(C)C)nc1C(=O)N(CC)CCO. The number of rotatable bonds is 7. The number of carbonyl (C=O) groups excluding carboxylic acids is 1. The smallest absolute Gasteiger partial charge is 0.274 e. The first-order valence-corrected chi connectivity index (χ1v) is 7.06. The Bertz CT molecular complexity index is 449. The van der Waals surface area contributed by atoms with Gasteiger partial charge in [-0.1, -0.05) is 13.8 Å². The van der Waals surface area contributed by atoms with E-state index < -0.39 is 0 Å². The number of aliphatic hydroxyl groups excluding tert-OH is 1. The number of hydrogen-bond acceptors (Lipinski definition) is 5. The molecule has 20 heavy (non-hydrogen) atoms. The Morgan fingerprint density at radius 2 is 2.15 bits per heavy atom. The fourth-order valence-corrected chi connectivity index (χ4v) is 1.83. The van der Waals surface area contributed by atoms with Gasteiger partial charge in [0.25, 0.3) is 5.91 Å². The molecule has 0 unspecified atom stereocenters. The van der Waals surface area contributed by atoms with Crippen molar-refractivity contribution in [1.82, 2.24) is 14.9 Å². The van der Waals surface area contributed by atoms with E-state index in [1.807, 2.05) is 27.7 Å². The van der Waals surface area contributed by atoms with E-state index in [0.29, 0.717) is 36.8 Å². The first kappa shape index (κ1) is 16.4. The molecule has 6 nitrogen and oxygen atoms in total. The van der Waals surface area contributed by atoms with Crippen molar-refractivity contribution in [1.29, 1.82) is 0 Å². The van der Waals surface area contributed by atoms with Crippen molar-refractivity contribution in [2.24, 2.45) is 0 Å². The molecule has 0 saturated heterocycles. The highest BCUT2D eigenvalue weighted by molar-refractivity contribution is 5.97. The Morgan fingerprint density at radius 3 is 2.65 bits per heavy atom. The highest BCUT2D eigenvalue weighted by Crippen LogP contribution is 2.18. The summed E-state index contributed by atoms with van der Waals surface area (Å²) < 4.78 is 0. The number of aromatic nitrogens is 2. The molecule has 0 bridgehead atoms. The Balaban J connectivity index is 3.16. The summed E-state index contributed by atoms with van der Waals surface area (Å²) in [7, 11) is 0. The third-order valence-electron chi connectivity index (χ3n) is 2.93. The van der Waals surface area contributed by atoms with Crippen LogP contribution in [0.3, 0.4) is 0 Å². The van der Waals surface area contributed by atoms with Gasteiger partial charge in [0.2, 0.25) is 0 Å². The first-order chi connectivity index (χ1) is 9.54. The van der Waals surface area contributed by atoms with Gasteiger partial charge in [0, 0.05) is 25.6 Å². The Labute approximate surface area is 120 Å². The molecular formula is C14H24N4O2. The van der Waals surface area contributed by atoms with Crippen molar-refractivity contribution < 1.29 is 9.90 Å². The number of likely N-dealkylation sites (N-methyl/N-ethyl adjacent to an activating group) is 1. The molecule has 0 radical (unpaired) electrons. The van der Waals surface area contributed by atoms with E-state index in [1.54, 1.807) is 11.1 Å². The topological polar surface area (TPSA) is 78.4 Å². The molecule has 2 N–H and O–H groups in total. The zero-order chi connectivity index (χ0) is 15.1. The fourth-order valence-electron chi connectivity index (χ4n) is 1.83. The lowest BCUT2D eigenvalue weighted by Crippen LogP contribution is -2.34. The standard InChI is InChI=1S/C14H24N4O2/c1-5-15-11-9-16-13(10(3)4)17-12(11)14(20)18(6-2)7-8-19/h9-10,15,19H,5-8H2,1-4H3. The normalized spacial score (nSPS) is 10.7. The van der Waals surface area contributed by atoms with Gasteiger partial charge in [-0.15, -0.1) is 0 Å². The van der Waals surface area contributed by atoms with Gasteiger partial charge >= 0.3 is 0 Å². The van der Waals surface area contributed by atoms with E-state index >= 15 is 0 Å². The van der Waals surface area contributed by atoms with Gasteiger partial charge in [-0.05, 0) is 13.8 Å². The van der Waals surface area contributed by atoms with Crippen molar-refractivity contribution in [2.75, 3.05) is 31.6 Å². The lowest BCUT2D eigenvalue weighted by atomic mass is 10.2. The quantitative estimate of drug-likeness (QED) is 0.791. The number of hydrogen-bond donors (Lipinski definition) is 2. The molecule has 0 spiro atoms. The third-order valence-corrected chi connectivity index (χ3v) is 2.93. The van der Waals surface area contributed by atoms with E-state index in [4.69, 9.17) is 5.11 Å². The van der Waals surface area contributed by atoms with Gasteiger partial charge in [0.05, 0.1) is 18.5 Å². The summed E-state index contributed by atoms with van der Waals surface area (Å²) in [6, 6.07) is 0. The summed E-state index contributed by atoms with van der Waals surface area (Å²) in [6.07, 6.45) is 1.66. The van der Waals surface area contributed by atoms with Crippen molar-refractivity contribution in [3.8, 4) is 0 Å². The van der Waals surface area contributed by atoms with Crippen molar-refractivity contribution in [3.05, 3.63) is 17.7 Å². The van der Waals surface area contributed by atoms with E-state index in [1.165, 1.54) is 0 Å². The fraction of sp³-hybridized carbons (Fsp3) is 0.643. The van der Waals surface area contributed by atoms with Gasteiger partial charge in [0.15, 0.2) is 5.69 Å². The van der Waals surface area contributed by atoms with Crippen molar-refractivity contribution >= 4 is 11.6 Å². The second kappa shape index (κ2) is 7.79. The highest BCUT2D eigenvalue weighted by Gasteiger charge is 2.20. The average Bonchev–Trinajstić information content (AvgIpc) is 2.44. The average molecular weight is 280 g/mol. The summed E-state index contributed by atoms with van der Waals surface area (Å²) in [6.45, 7) is 9.29. The molecular weight excluding hydrogens is 256 g/mol. The number of nitrogens with one attached hydrogen (secondary N) is 1. The molecule has 6 heteroatoms. The maximum atomic E-state index is 12.5. The lowest BCUT2D eigenvalue weighted by Gasteiger charge is -2.21. The second-order valence-corrected chi connectivity index (χ2v) is 4.78. The van der Waals surface area contributed by atoms with Crippen LogP contribution in [0.1, 0.15) is 49.9 Å². The minimum absolute atomic E-state index is 0.0573. The summed E-state index contributed by atoms with van der Waals surface area (Å²) in [5.41, 5.74) is 1.01. The third kappa shape index (κ3) is 3.90. The summed E-state index contributed by atoms with van der Waals surface area (Å²) in [5.74, 6) is 0.627. The molecule has 1 amide bonds. The van der Waals surface area contributed by atoms with Crippen molar-refractivity contribution in [3.63, 3.8) is 0 Å². The van der Waals surface area contributed by atoms with Crippen LogP contribution in [0.4, 0.5) is 5.69 Å². The van der Waals surface area contributed by atoms with Gasteiger partial charge < -0.3 is 15.3 Å². The van der Waals surface area contributed by atoms with Gasteiger partial charge in [0.1, 0.15) is 5.82 Å². The van der Waals surface area contributed by atoms with Crippen LogP contribution < -0.4 is 5.32 Å². The van der Waals surface area contributed by atoms with Crippen LogP contribution in [0.25, 0.3) is 0 Å². The molecule has 0 aliphatic rings. The summed E-state index contributed by atoms with van der Waals surface area (Å²) in [4.78, 5) is 22.8. The molecule has 0 atom stereocenters. The minimum atomic E-state index is -0.179. The number of nitrogens with zero attached hydrogens (tertiary/aromatic N) is 3. The largest absolute Gasteiger partial charge is 0.395 e. The molecule has 0 fully saturated rings. The van der Waals surface area contributed by atoms with E-state index in [9.17, 15) is 4.79 Å². The number of amides is 1. The van der Waals surface area contributed by atoms with Crippen LogP contribution in [-0.4, -0.2) is 52.1 Å². The highest BCUT2D eigenvalue weighted by atomic mass is 16.3. The van der Waals surface area contributed by atoms with Gasteiger partial charge in [-0.2, -0.15) is 0 Å². The Kier molecular flexibility index (Phi) is 6.38. The van der Waals surface area contributed by atoms with Gasteiger partial charge in [-0.3, -0.25) is 4.79 Å². The predicted octanol–water partition coefficient (Wildman–Crippen LogP) is 1.49. The Morgan fingerprint density at radius 1 is 1.45 bits per heavy atom. The number of aliphatic hydroxyl groups is 1. The monoisotopic (exact) mass is 280 g/mol. The van der Waals surface area contributed by atoms with Crippen molar-refractivity contribution in [2.45, 2.75) is 33.6 Å². The van der Waals surface area contributed by atoms with Crippen LogP contribution in [0, 0.1) is 0 Å². The van der Waals surface area contributed by atoms with Crippen LogP contribution in [-0.2, 0) is 0 Å². The van der Waals surface area contributed by atoms with Gasteiger partial charge in [-0.25, -0.2) is 9.97 Å².